The first-order valence-electron chi connectivity index (χ1n) is 11.6. The molecule has 0 unspecified atom stereocenters. The molecular weight excluding hydrogens is 491 g/mol. The van der Waals surface area contributed by atoms with Gasteiger partial charge >= 0.3 is 11.9 Å². The molecule has 0 saturated carbocycles. The average Bonchev–Trinajstić information content (AvgIpc) is 3.43. The van der Waals surface area contributed by atoms with Crippen LogP contribution in [0.25, 0.3) is 11.5 Å². The summed E-state index contributed by atoms with van der Waals surface area (Å²) in [7, 11) is -0.723. The molecule has 0 fully saturated rings. The van der Waals surface area contributed by atoms with E-state index in [4.69, 9.17) is 19.6 Å². The second kappa shape index (κ2) is 12.2. The van der Waals surface area contributed by atoms with Crippen molar-refractivity contribution in [2.24, 2.45) is 5.92 Å². The van der Waals surface area contributed by atoms with Gasteiger partial charge in [-0.1, -0.05) is 13.8 Å². The fourth-order valence-electron chi connectivity index (χ4n) is 3.52. The van der Waals surface area contributed by atoms with Gasteiger partial charge in [-0.05, 0) is 66.3 Å². The molecule has 10 nitrogen and oxygen atoms in total. The largest absolute Gasteiger partial charge is 0.465 e. The summed E-state index contributed by atoms with van der Waals surface area (Å²) >= 11 is 1.39. The number of likely N-dealkylation sites (N-methyl/N-ethyl adjacent to an activating group) is 2. The smallest absolute Gasteiger partial charge is 0.323 e. The first kappa shape index (κ1) is 29.0. The molecule has 0 aliphatic heterocycles. The van der Waals surface area contributed by atoms with Crippen LogP contribution in [0, 0.1) is 5.92 Å². The van der Waals surface area contributed by atoms with E-state index < -0.39 is 31.5 Å². The van der Waals surface area contributed by atoms with Crippen molar-refractivity contribution in [1.29, 1.82) is 0 Å². The first-order valence-corrected chi connectivity index (χ1v) is 14.1. The molecular formula is C23H37N4O6PS. The summed E-state index contributed by atoms with van der Waals surface area (Å²) in [6.45, 7) is 11.2. The monoisotopic (exact) mass is 528 g/mol. The summed E-state index contributed by atoms with van der Waals surface area (Å²) in [5.41, 5.74) is 6.68. The highest BCUT2D eigenvalue weighted by Crippen LogP contribution is 2.53. The second-order valence-electron chi connectivity index (χ2n) is 8.61. The lowest BCUT2D eigenvalue weighted by Crippen LogP contribution is -2.46. The number of thiazole rings is 1. The third-order valence-electron chi connectivity index (χ3n) is 5.65. The molecule has 0 saturated heterocycles. The summed E-state index contributed by atoms with van der Waals surface area (Å²) in [5, 5.41) is 0.415. The van der Waals surface area contributed by atoms with Crippen molar-refractivity contribution >= 4 is 41.4 Å². The predicted octanol–water partition coefficient (Wildman–Crippen LogP) is 3.77. The Hall–Kier alpha value is -2.20. The summed E-state index contributed by atoms with van der Waals surface area (Å²) < 4.78 is 33.9. The highest BCUT2D eigenvalue weighted by Gasteiger charge is 2.46. The molecule has 0 bridgehead atoms. The lowest BCUT2D eigenvalue weighted by atomic mass is 10.1. The number of nitrogens with zero attached hydrogens (tertiary/aromatic N) is 3. The lowest BCUT2D eigenvalue weighted by Gasteiger charge is -2.38. The van der Waals surface area contributed by atoms with E-state index in [1.54, 1.807) is 53.9 Å². The summed E-state index contributed by atoms with van der Waals surface area (Å²) in [6.07, 6.45) is 0.761. The number of esters is 2. The molecule has 0 aromatic carbocycles. The minimum atomic E-state index is -3.81. The zero-order valence-electron chi connectivity index (χ0n) is 21.7. The summed E-state index contributed by atoms with van der Waals surface area (Å²) in [5.74, 6) is -0.281. The van der Waals surface area contributed by atoms with Gasteiger partial charge < -0.3 is 19.6 Å². The van der Waals surface area contributed by atoms with E-state index in [2.05, 4.69) is 18.8 Å². The maximum atomic E-state index is 14.7. The minimum absolute atomic E-state index is 0.104. The Morgan fingerprint density at radius 1 is 1.06 bits per heavy atom. The lowest BCUT2D eigenvalue weighted by molar-refractivity contribution is -0.146. The van der Waals surface area contributed by atoms with Gasteiger partial charge in [-0.15, -0.1) is 11.3 Å². The van der Waals surface area contributed by atoms with Gasteiger partial charge in [0.05, 0.1) is 13.2 Å². The molecule has 0 aliphatic carbocycles. The molecule has 12 heteroatoms. The van der Waals surface area contributed by atoms with Crippen LogP contribution in [-0.4, -0.2) is 65.7 Å². The van der Waals surface area contributed by atoms with E-state index in [9.17, 15) is 14.2 Å². The van der Waals surface area contributed by atoms with Crippen LogP contribution in [0.15, 0.2) is 16.5 Å². The number of rotatable bonds is 12. The number of nitrogen functional groups attached to an aromatic ring is 1. The molecule has 0 aliphatic rings. The van der Waals surface area contributed by atoms with Crippen molar-refractivity contribution in [3.05, 3.63) is 17.0 Å². The van der Waals surface area contributed by atoms with Crippen molar-refractivity contribution in [3.63, 3.8) is 0 Å². The number of carbonyl (C=O) groups is 2. The molecule has 2 atom stereocenters. The topological polar surface area (TPSA) is 128 Å². The van der Waals surface area contributed by atoms with Gasteiger partial charge in [-0.2, -0.15) is 0 Å². The van der Waals surface area contributed by atoms with Crippen LogP contribution < -0.4 is 11.2 Å². The van der Waals surface area contributed by atoms with E-state index in [-0.39, 0.29) is 18.7 Å². The Labute approximate surface area is 211 Å². The van der Waals surface area contributed by atoms with E-state index in [1.165, 1.54) is 20.7 Å². The van der Waals surface area contributed by atoms with E-state index >= 15 is 0 Å². The Morgan fingerprint density at radius 3 is 2.03 bits per heavy atom. The van der Waals surface area contributed by atoms with Gasteiger partial charge in [0.1, 0.15) is 17.8 Å². The third kappa shape index (κ3) is 6.33. The van der Waals surface area contributed by atoms with Crippen LogP contribution >= 0.6 is 18.8 Å². The molecule has 0 amide bonds. The number of hydrogen-bond acceptors (Lipinski definition) is 9. The second-order valence-corrected chi connectivity index (χ2v) is 12.5. The van der Waals surface area contributed by atoms with Crippen LogP contribution in [0.3, 0.4) is 0 Å². The molecule has 2 aromatic heterocycles. The van der Waals surface area contributed by atoms with Crippen molar-refractivity contribution < 1.29 is 28.0 Å². The first-order chi connectivity index (χ1) is 16.4. The number of carbonyl (C=O) groups excluding carboxylic acids is 2. The van der Waals surface area contributed by atoms with Gasteiger partial charge in [-0.3, -0.25) is 14.2 Å². The summed E-state index contributed by atoms with van der Waals surface area (Å²) in [4.78, 5) is 30.4. The molecule has 2 N–H and O–H groups in total. The SMILES string of the molecule is CCOC(=O)[C@H](C)N(C)P(=O)(c1ccc(-c2nc(N)sc2CC(C)C)o1)N(C)[C@@H](C)C(=O)OCC. The maximum Gasteiger partial charge on any atom is 0.323 e. The fourth-order valence-corrected chi connectivity index (χ4v) is 7.25. The van der Waals surface area contributed by atoms with Crippen LogP contribution in [0.2, 0.25) is 0 Å². The molecule has 196 valence electrons. The minimum Gasteiger partial charge on any atom is -0.465 e. The Morgan fingerprint density at radius 2 is 1.57 bits per heavy atom. The van der Waals surface area contributed by atoms with Gasteiger partial charge in [-0.25, -0.2) is 14.3 Å². The van der Waals surface area contributed by atoms with Crippen molar-refractivity contribution in [2.75, 3.05) is 33.0 Å². The zero-order chi connectivity index (χ0) is 26.5. The zero-order valence-corrected chi connectivity index (χ0v) is 23.4. The van der Waals surface area contributed by atoms with Crippen molar-refractivity contribution in [1.82, 2.24) is 14.3 Å². The quantitative estimate of drug-likeness (QED) is 0.321. The molecule has 2 aromatic rings. The normalized spacial score (nSPS) is 13.9. The number of hydrogen-bond donors (Lipinski definition) is 1. The predicted molar refractivity (Wildman–Crippen MR) is 138 cm³/mol. The van der Waals surface area contributed by atoms with Crippen molar-refractivity contribution in [3.8, 4) is 11.5 Å². The number of nitrogens with two attached hydrogens (primary N) is 1. The molecule has 35 heavy (non-hydrogen) atoms. The number of ether oxygens (including phenoxy) is 2. The van der Waals surface area contributed by atoms with Gasteiger partial charge in [0.25, 0.3) is 7.44 Å². The molecule has 2 rings (SSSR count). The Bertz CT molecular complexity index is 1030. The fraction of sp³-hybridized carbons (Fsp3) is 0.609. The number of anilines is 1. The van der Waals surface area contributed by atoms with Crippen LogP contribution in [0.4, 0.5) is 5.13 Å². The number of furan rings is 1. The Kier molecular flexibility index (Phi) is 10.1. The van der Waals surface area contributed by atoms with Crippen LogP contribution in [0.1, 0.15) is 46.4 Å². The third-order valence-corrected chi connectivity index (χ3v) is 9.78. The van der Waals surface area contributed by atoms with Crippen molar-refractivity contribution in [2.45, 2.75) is 60.0 Å². The van der Waals surface area contributed by atoms with Crippen LogP contribution in [-0.2, 0) is 30.0 Å². The molecule has 2 heterocycles. The Balaban J connectivity index is 2.58. The van der Waals surface area contributed by atoms with Gasteiger partial charge in [0.15, 0.2) is 16.4 Å². The number of aromatic nitrogens is 1. The van der Waals surface area contributed by atoms with Gasteiger partial charge in [0.2, 0.25) is 0 Å². The standard InChI is InChI=1S/C23H37N4O6PS/c1-9-31-21(28)15(5)26(7)34(30,27(8)16(6)22(29)32-10-2)19-12-11-17(33-19)20-18(13-14(3)4)35-23(24)25-20/h11-12,14-16H,9-10,13H2,1-8H3,(H2,24,25)/t15-,16-/m0/s1. The van der Waals surface area contributed by atoms with E-state index in [1.807, 2.05) is 0 Å². The van der Waals surface area contributed by atoms with Crippen LogP contribution in [0.5, 0.6) is 0 Å². The van der Waals surface area contributed by atoms with Gasteiger partial charge in [0, 0.05) is 4.88 Å². The molecule has 0 radical (unpaired) electrons. The highest BCUT2D eigenvalue weighted by atomic mass is 32.1. The highest BCUT2D eigenvalue weighted by molar-refractivity contribution is 7.66. The van der Waals surface area contributed by atoms with E-state index in [0.29, 0.717) is 22.5 Å². The molecule has 0 spiro atoms. The summed E-state index contributed by atoms with van der Waals surface area (Å²) in [6, 6.07) is 1.52. The van der Waals surface area contributed by atoms with E-state index in [0.717, 1.165) is 11.3 Å². The maximum absolute atomic E-state index is 14.7. The average molecular weight is 529 g/mol.